The minimum atomic E-state index is 0.163. The van der Waals surface area contributed by atoms with E-state index in [9.17, 15) is 4.79 Å². The van der Waals surface area contributed by atoms with Crippen molar-refractivity contribution in [1.82, 2.24) is 19.7 Å². The molecule has 1 saturated carbocycles. The van der Waals surface area contributed by atoms with E-state index in [1.165, 1.54) is 5.56 Å². The first kappa shape index (κ1) is 13.8. The van der Waals surface area contributed by atoms with Crippen molar-refractivity contribution >= 4 is 22.4 Å². The quantitative estimate of drug-likeness (QED) is 0.857. The second-order valence-corrected chi connectivity index (χ2v) is 6.90. The summed E-state index contributed by atoms with van der Waals surface area (Å²) in [5.74, 6) is 0.849. The monoisotopic (exact) mass is 317 g/mol. The van der Waals surface area contributed by atoms with Crippen molar-refractivity contribution in [2.24, 2.45) is 13.0 Å². The van der Waals surface area contributed by atoms with E-state index in [2.05, 4.69) is 15.0 Å². The lowest BCUT2D eigenvalue weighted by Gasteiger charge is -2.34. The number of aromatic nitrogens is 3. The zero-order valence-electron chi connectivity index (χ0n) is 12.6. The molecular formula is C15H19N5OS. The van der Waals surface area contributed by atoms with Crippen molar-refractivity contribution in [3.63, 3.8) is 0 Å². The number of piperazine rings is 1. The number of amides is 1. The number of hydrogen-bond donors (Lipinski definition) is 0. The molecule has 0 bridgehead atoms. The molecule has 1 aliphatic heterocycles. The topological polar surface area (TPSA) is 54.3 Å². The number of thiazole rings is 1. The summed E-state index contributed by atoms with van der Waals surface area (Å²) in [5.41, 5.74) is 1.20. The van der Waals surface area contributed by atoms with Crippen LogP contribution in [0.4, 0.5) is 5.13 Å². The van der Waals surface area contributed by atoms with E-state index >= 15 is 0 Å². The van der Waals surface area contributed by atoms with Gasteiger partial charge in [-0.2, -0.15) is 5.10 Å². The highest BCUT2D eigenvalue weighted by Crippen LogP contribution is 2.48. The van der Waals surface area contributed by atoms with Crippen LogP contribution in [-0.4, -0.2) is 51.8 Å². The Morgan fingerprint density at radius 2 is 2.14 bits per heavy atom. The number of hydrogen-bond acceptors (Lipinski definition) is 5. The first-order chi connectivity index (χ1) is 10.7. The number of anilines is 1. The largest absolute Gasteiger partial charge is 0.345 e. The van der Waals surface area contributed by atoms with Gasteiger partial charge in [0.1, 0.15) is 0 Å². The lowest BCUT2D eigenvalue weighted by atomic mass is 10.2. The molecule has 116 valence electrons. The van der Waals surface area contributed by atoms with E-state index < -0.39 is 0 Å². The first-order valence-electron chi connectivity index (χ1n) is 7.64. The maximum Gasteiger partial charge on any atom is 0.226 e. The van der Waals surface area contributed by atoms with Crippen molar-refractivity contribution in [2.45, 2.75) is 12.3 Å². The summed E-state index contributed by atoms with van der Waals surface area (Å²) < 4.78 is 1.81. The van der Waals surface area contributed by atoms with Crippen molar-refractivity contribution < 1.29 is 4.79 Å². The molecule has 0 aromatic carbocycles. The molecule has 0 N–H and O–H groups in total. The third kappa shape index (κ3) is 2.49. The van der Waals surface area contributed by atoms with Crippen LogP contribution in [-0.2, 0) is 11.8 Å². The smallest absolute Gasteiger partial charge is 0.226 e. The first-order valence-corrected chi connectivity index (χ1v) is 8.52. The van der Waals surface area contributed by atoms with Crippen molar-refractivity contribution in [3.8, 4) is 0 Å². The van der Waals surface area contributed by atoms with Gasteiger partial charge >= 0.3 is 0 Å². The van der Waals surface area contributed by atoms with Crippen molar-refractivity contribution in [3.05, 3.63) is 29.5 Å². The molecule has 2 aliphatic rings. The van der Waals surface area contributed by atoms with Crippen molar-refractivity contribution in [2.75, 3.05) is 31.1 Å². The second-order valence-electron chi connectivity index (χ2n) is 6.02. The third-order valence-corrected chi connectivity index (χ3v) is 5.37. The minimum absolute atomic E-state index is 0.163. The molecule has 2 aromatic rings. The molecule has 1 aliphatic carbocycles. The number of aryl methyl sites for hydroxylation is 1. The summed E-state index contributed by atoms with van der Waals surface area (Å²) in [6, 6.07) is 0. The fourth-order valence-electron chi connectivity index (χ4n) is 3.19. The third-order valence-electron chi connectivity index (χ3n) is 4.54. The Balaban J connectivity index is 1.33. The van der Waals surface area contributed by atoms with Gasteiger partial charge in [0.2, 0.25) is 5.91 Å². The highest BCUT2D eigenvalue weighted by molar-refractivity contribution is 7.13. The highest BCUT2D eigenvalue weighted by Gasteiger charge is 2.46. The lowest BCUT2D eigenvalue weighted by molar-refractivity contribution is -0.132. The number of nitrogens with zero attached hydrogens (tertiary/aromatic N) is 5. The maximum atomic E-state index is 12.6. The molecule has 0 radical (unpaired) electrons. The predicted octanol–water partition coefficient (Wildman–Crippen LogP) is 1.33. The van der Waals surface area contributed by atoms with E-state index in [0.717, 1.165) is 37.7 Å². The zero-order valence-corrected chi connectivity index (χ0v) is 13.4. The second kappa shape index (κ2) is 5.39. The van der Waals surface area contributed by atoms with Crippen LogP contribution in [0.3, 0.4) is 0 Å². The Hall–Kier alpha value is -1.89. The Morgan fingerprint density at radius 1 is 1.32 bits per heavy atom. The van der Waals surface area contributed by atoms with Gasteiger partial charge in [-0.3, -0.25) is 9.48 Å². The van der Waals surface area contributed by atoms with Gasteiger partial charge in [0, 0.05) is 56.9 Å². The van der Waals surface area contributed by atoms with E-state index in [1.807, 2.05) is 40.6 Å². The Kier molecular flexibility index (Phi) is 3.37. The van der Waals surface area contributed by atoms with E-state index in [-0.39, 0.29) is 5.92 Å². The SMILES string of the molecule is Cn1cc([C@@H]2C[C@@H]2C(=O)N2CCN(c3nccs3)CC2)cn1. The van der Waals surface area contributed by atoms with Gasteiger partial charge < -0.3 is 9.80 Å². The van der Waals surface area contributed by atoms with Gasteiger partial charge in [-0.25, -0.2) is 4.98 Å². The van der Waals surface area contributed by atoms with E-state index in [1.54, 1.807) is 11.3 Å². The molecule has 3 heterocycles. The highest BCUT2D eigenvalue weighted by atomic mass is 32.1. The fraction of sp³-hybridized carbons (Fsp3) is 0.533. The summed E-state index contributed by atoms with van der Waals surface area (Å²) in [6.45, 7) is 3.36. The fourth-order valence-corrected chi connectivity index (χ4v) is 3.89. The maximum absolute atomic E-state index is 12.6. The summed E-state index contributed by atoms with van der Waals surface area (Å²) in [4.78, 5) is 21.2. The Labute approximate surface area is 133 Å². The molecule has 0 spiro atoms. The molecule has 2 atom stereocenters. The van der Waals surface area contributed by atoms with Crippen LogP contribution in [0.25, 0.3) is 0 Å². The van der Waals surface area contributed by atoms with Crippen LogP contribution in [0.1, 0.15) is 17.9 Å². The summed E-state index contributed by atoms with van der Waals surface area (Å²) >= 11 is 1.66. The number of carbonyl (C=O) groups excluding carboxylic acids is 1. The van der Waals surface area contributed by atoms with Crippen LogP contribution in [0, 0.1) is 5.92 Å². The van der Waals surface area contributed by atoms with Crippen LogP contribution < -0.4 is 4.90 Å². The zero-order chi connectivity index (χ0) is 15.1. The van der Waals surface area contributed by atoms with Crippen LogP contribution in [0.5, 0.6) is 0 Å². The molecule has 22 heavy (non-hydrogen) atoms. The normalized spacial score (nSPS) is 24.6. The van der Waals surface area contributed by atoms with E-state index in [0.29, 0.717) is 11.8 Å². The molecule has 6 nitrogen and oxygen atoms in total. The van der Waals surface area contributed by atoms with Gasteiger partial charge in [-0.15, -0.1) is 11.3 Å². The molecule has 2 aromatic heterocycles. The average molecular weight is 317 g/mol. The molecule has 0 unspecified atom stereocenters. The van der Waals surface area contributed by atoms with Gasteiger partial charge in [0.15, 0.2) is 5.13 Å². The number of rotatable bonds is 3. The van der Waals surface area contributed by atoms with Crippen molar-refractivity contribution in [1.29, 1.82) is 0 Å². The van der Waals surface area contributed by atoms with Gasteiger partial charge in [-0.1, -0.05) is 0 Å². The summed E-state index contributed by atoms with van der Waals surface area (Å²) in [7, 11) is 1.92. The standard InChI is InChI=1S/C15H19N5OS/c1-18-10-11(9-17-18)12-8-13(12)14(21)19-3-5-20(6-4-19)15-16-2-7-22-15/h2,7,9-10,12-13H,3-6,8H2,1H3/t12-,13-/m0/s1. The van der Waals surface area contributed by atoms with E-state index in [4.69, 9.17) is 0 Å². The molecule has 1 saturated heterocycles. The predicted molar refractivity (Wildman–Crippen MR) is 85.0 cm³/mol. The Morgan fingerprint density at radius 3 is 2.77 bits per heavy atom. The minimum Gasteiger partial charge on any atom is -0.345 e. The van der Waals surface area contributed by atoms with Gasteiger partial charge in [0.25, 0.3) is 0 Å². The molecule has 1 amide bonds. The van der Waals surface area contributed by atoms with Crippen LogP contribution in [0.15, 0.2) is 24.0 Å². The van der Waals surface area contributed by atoms with Crippen LogP contribution >= 0.6 is 11.3 Å². The Bertz CT molecular complexity index is 659. The molecule has 4 rings (SSSR count). The summed E-state index contributed by atoms with van der Waals surface area (Å²) in [6.07, 6.45) is 6.72. The average Bonchev–Trinajstić information content (AvgIpc) is 2.95. The van der Waals surface area contributed by atoms with Gasteiger partial charge in [0.05, 0.1) is 6.20 Å². The lowest BCUT2D eigenvalue weighted by Crippen LogP contribution is -2.49. The number of carbonyl (C=O) groups is 1. The van der Waals surface area contributed by atoms with Crippen LogP contribution in [0.2, 0.25) is 0 Å². The van der Waals surface area contributed by atoms with Gasteiger partial charge in [-0.05, 0) is 17.9 Å². The molecule has 2 fully saturated rings. The molecular weight excluding hydrogens is 298 g/mol. The summed E-state index contributed by atoms with van der Waals surface area (Å²) in [5, 5.41) is 7.26. The molecule has 7 heteroatoms.